The smallest absolute Gasteiger partial charge is 0.237 e. The summed E-state index contributed by atoms with van der Waals surface area (Å²) in [6, 6.07) is 0.245. The van der Waals surface area contributed by atoms with Crippen molar-refractivity contribution < 1.29 is 4.79 Å². The van der Waals surface area contributed by atoms with Gasteiger partial charge in [-0.3, -0.25) is 9.69 Å². The summed E-state index contributed by atoms with van der Waals surface area (Å²) in [6.45, 7) is 11.5. The molecular weight excluding hydrogens is 200 g/mol. The first kappa shape index (κ1) is 15.4. The Balaban J connectivity index is 4.06. The lowest BCUT2D eigenvalue weighted by atomic mass is 10.1. The topological polar surface area (TPSA) is 32.3 Å². The van der Waals surface area contributed by atoms with Gasteiger partial charge < -0.3 is 5.32 Å². The summed E-state index contributed by atoms with van der Waals surface area (Å²) in [4.78, 5) is 14.0. The number of rotatable bonds is 7. The molecule has 1 N–H and O–H groups in total. The third kappa shape index (κ3) is 6.11. The molecule has 0 saturated carbocycles. The second kappa shape index (κ2) is 7.66. The van der Waals surface area contributed by atoms with E-state index in [-0.39, 0.29) is 18.0 Å². The number of likely N-dealkylation sites (N-methyl/N-ethyl adjacent to an activating group) is 1. The summed E-state index contributed by atoms with van der Waals surface area (Å²) in [5.74, 6) is 0.734. The molecule has 0 spiro atoms. The summed E-state index contributed by atoms with van der Waals surface area (Å²) in [5.41, 5.74) is 0. The van der Waals surface area contributed by atoms with Crippen molar-refractivity contribution in [1.82, 2.24) is 10.2 Å². The number of nitrogens with zero attached hydrogens (tertiary/aromatic N) is 1. The van der Waals surface area contributed by atoms with E-state index < -0.39 is 0 Å². The molecule has 0 radical (unpaired) electrons. The number of carbonyl (C=O) groups is 1. The highest BCUT2D eigenvalue weighted by Gasteiger charge is 2.19. The van der Waals surface area contributed by atoms with Crippen LogP contribution in [0, 0.1) is 5.92 Å². The highest BCUT2D eigenvalue weighted by atomic mass is 16.2. The van der Waals surface area contributed by atoms with Crippen LogP contribution in [0.15, 0.2) is 0 Å². The molecule has 0 aliphatic carbocycles. The molecule has 0 aliphatic rings. The summed E-state index contributed by atoms with van der Waals surface area (Å²) in [6.07, 6.45) is 2.16. The second-order valence-corrected chi connectivity index (χ2v) is 5.21. The zero-order chi connectivity index (χ0) is 12.7. The Morgan fingerprint density at radius 3 is 2.25 bits per heavy atom. The molecule has 3 nitrogen and oxygen atoms in total. The Morgan fingerprint density at radius 2 is 1.81 bits per heavy atom. The first-order valence-electron chi connectivity index (χ1n) is 6.39. The van der Waals surface area contributed by atoms with Crippen LogP contribution in [0.4, 0.5) is 0 Å². The van der Waals surface area contributed by atoms with Gasteiger partial charge in [0.15, 0.2) is 0 Å². The Labute approximate surface area is 101 Å². The molecule has 0 unspecified atom stereocenters. The van der Waals surface area contributed by atoms with Crippen molar-refractivity contribution >= 4 is 5.91 Å². The van der Waals surface area contributed by atoms with Gasteiger partial charge in [0.2, 0.25) is 5.91 Å². The van der Waals surface area contributed by atoms with Crippen LogP contribution < -0.4 is 5.32 Å². The molecular formula is C13H28N2O. The van der Waals surface area contributed by atoms with E-state index in [1.54, 1.807) is 0 Å². The molecule has 0 heterocycles. The maximum atomic E-state index is 11.9. The van der Waals surface area contributed by atoms with E-state index in [9.17, 15) is 4.79 Å². The van der Waals surface area contributed by atoms with Crippen molar-refractivity contribution in [2.75, 3.05) is 13.6 Å². The lowest BCUT2D eigenvalue weighted by Gasteiger charge is -2.26. The van der Waals surface area contributed by atoms with Gasteiger partial charge in [-0.2, -0.15) is 0 Å². The molecule has 0 rings (SSSR count). The Kier molecular flexibility index (Phi) is 7.39. The number of hydrogen-bond donors (Lipinski definition) is 1. The first-order chi connectivity index (χ1) is 7.38. The quantitative estimate of drug-likeness (QED) is 0.725. The molecule has 96 valence electrons. The Morgan fingerprint density at radius 1 is 1.25 bits per heavy atom. The number of nitrogens with one attached hydrogen (secondary N) is 1. The minimum absolute atomic E-state index is 0.0401. The molecule has 0 bridgehead atoms. The van der Waals surface area contributed by atoms with E-state index in [0.717, 1.165) is 19.4 Å². The van der Waals surface area contributed by atoms with Gasteiger partial charge in [-0.25, -0.2) is 0 Å². The van der Waals surface area contributed by atoms with E-state index in [2.05, 4.69) is 37.9 Å². The maximum absolute atomic E-state index is 11.9. The third-order valence-electron chi connectivity index (χ3n) is 2.80. The monoisotopic (exact) mass is 228 g/mol. The van der Waals surface area contributed by atoms with Gasteiger partial charge >= 0.3 is 0 Å². The van der Waals surface area contributed by atoms with Crippen LogP contribution in [-0.4, -0.2) is 36.5 Å². The summed E-state index contributed by atoms with van der Waals surface area (Å²) in [5, 5.41) is 3.05. The van der Waals surface area contributed by atoms with Crippen LogP contribution in [0.2, 0.25) is 0 Å². The van der Waals surface area contributed by atoms with Gasteiger partial charge in [-0.1, -0.05) is 27.2 Å². The highest BCUT2D eigenvalue weighted by Crippen LogP contribution is 2.03. The van der Waals surface area contributed by atoms with Crippen LogP contribution in [-0.2, 0) is 4.79 Å². The van der Waals surface area contributed by atoms with Gasteiger partial charge in [-0.05, 0) is 33.2 Å². The van der Waals surface area contributed by atoms with Crippen molar-refractivity contribution in [2.45, 2.75) is 59.5 Å². The fourth-order valence-electron chi connectivity index (χ4n) is 1.80. The lowest BCUT2D eigenvalue weighted by Crippen LogP contribution is -2.47. The van der Waals surface area contributed by atoms with Gasteiger partial charge in [0.05, 0.1) is 6.04 Å². The predicted molar refractivity (Wildman–Crippen MR) is 69.4 cm³/mol. The zero-order valence-corrected chi connectivity index (χ0v) is 11.7. The molecule has 0 aliphatic heterocycles. The minimum atomic E-state index is -0.0401. The number of amides is 1. The van der Waals surface area contributed by atoms with Crippen molar-refractivity contribution in [1.29, 1.82) is 0 Å². The van der Waals surface area contributed by atoms with Gasteiger partial charge in [0, 0.05) is 12.6 Å². The highest BCUT2D eigenvalue weighted by molar-refractivity contribution is 5.81. The molecule has 2 atom stereocenters. The number of carbonyl (C=O) groups excluding carboxylic acids is 1. The van der Waals surface area contributed by atoms with Crippen LogP contribution in [0.3, 0.4) is 0 Å². The molecule has 16 heavy (non-hydrogen) atoms. The molecule has 3 heteroatoms. The largest absolute Gasteiger partial charge is 0.352 e. The van der Waals surface area contributed by atoms with Crippen molar-refractivity contribution in [3.05, 3.63) is 0 Å². The zero-order valence-electron chi connectivity index (χ0n) is 11.7. The van der Waals surface area contributed by atoms with E-state index in [1.165, 1.54) is 0 Å². The maximum Gasteiger partial charge on any atom is 0.237 e. The molecule has 0 aromatic carbocycles. The van der Waals surface area contributed by atoms with Crippen LogP contribution in [0.5, 0.6) is 0 Å². The average Bonchev–Trinajstić information content (AvgIpc) is 2.15. The first-order valence-corrected chi connectivity index (χ1v) is 6.39. The van der Waals surface area contributed by atoms with Crippen molar-refractivity contribution in [3.63, 3.8) is 0 Å². The fraction of sp³-hybridized carbons (Fsp3) is 0.923. The molecule has 0 aromatic heterocycles. The predicted octanol–water partition coefficient (Wildman–Crippen LogP) is 2.27. The normalized spacial score (nSPS) is 15.2. The lowest BCUT2D eigenvalue weighted by molar-refractivity contribution is -0.126. The van der Waals surface area contributed by atoms with E-state index in [0.29, 0.717) is 5.92 Å². The van der Waals surface area contributed by atoms with E-state index >= 15 is 0 Å². The summed E-state index contributed by atoms with van der Waals surface area (Å²) in [7, 11) is 2.01. The van der Waals surface area contributed by atoms with Gasteiger partial charge in [0.1, 0.15) is 0 Å². The second-order valence-electron chi connectivity index (χ2n) is 5.21. The van der Waals surface area contributed by atoms with Crippen LogP contribution >= 0.6 is 0 Å². The van der Waals surface area contributed by atoms with Gasteiger partial charge in [0.25, 0.3) is 0 Å². The summed E-state index contributed by atoms with van der Waals surface area (Å²) < 4.78 is 0. The standard InChI is InChI=1S/C13H28N2O/c1-7-8-11(4)14-13(16)12(5)15(6)9-10(2)3/h10-12H,7-9H2,1-6H3,(H,14,16)/t11-,12+/m0/s1. The SMILES string of the molecule is CCC[C@H](C)NC(=O)[C@@H](C)N(C)CC(C)C. The van der Waals surface area contributed by atoms with Crippen molar-refractivity contribution in [2.24, 2.45) is 5.92 Å². The van der Waals surface area contributed by atoms with E-state index in [1.807, 2.05) is 14.0 Å². The number of hydrogen-bond acceptors (Lipinski definition) is 2. The fourth-order valence-corrected chi connectivity index (χ4v) is 1.80. The van der Waals surface area contributed by atoms with Crippen LogP contribution in [0.1, 0.15) is 47.5 Å². The minimum Gasteiger partial charge on any atom is -0.352 e. The molecule has 0 fully saturated rings. The third-order valence-corrected chi connectivity index (χ3v) is 2.80. The Hall–Kier alpha value is -0.570. The Bertz CT molecular complexity index is 204. The van der Waals surface area contributed by atoms with E-state index in [4.69, 9.17) is 0 Å². The summed E-state index contributed by atoms with van der Waals surface area (Å²) >= 11 is 0. The molecule has 0 aromatic rings. The van der Waals surface area contributed by atoms with Crippen molar-refractivity contribution in [3.8, 4) is 0 Å². The van der Waals surface area contributed by atoms with Gasteiger partial charge in [-0.15, -0.1) is 0 Å². The molecule has 1 amide bonds. The molecule has 0 saturated heterocycles. The van der Waals surface area contributed by atoms with Crippen LogP contribution in [0.25, 0.3) is 0 Å². The average molecular weight is 228 g/mol.